The molecule has 1 aliphatic rings. The van der Waals surface area contributed by atoms with Crippen molar-refractivity contribution >= 4 is 11.5 Å². The molecule has 0 saturated carbocycles. The van der Waals surface area contributed by atoms with Gasteiger partial charge in [-0.2, -0.15) is 0 Å². The molecule has 20 heavy (non-hydrogen) atoms. The van der Waals surface area contributed by atoms with Gasteiger partial charge in [0.15, 0.2) is 17.5 Å². The van der Waals surface area contributed by atoms with Gasteiger partial charge >= 0.3 is 0 Å². The van der Waals surface area contributed by atoms with E-state index in [0.29, 0.717) is 5.82 Å². The highest BCUT2D eigenvalue weighted by atomic mass is 19.1. The first-order valence-corrected chi connectivity index (χ1v) is 6.45. The molecule has 3 rings (SSSR count). The number of benzene rings is 1. The van der Waals surface area contributed by atoms with Crippen LogP contribution in [0.2, 0.25) is 0 Å². The molecule has 1 aromatic carbocycles. The van der Waals surface area contributed by atoms with Gasteiger partial charge in [-0.1, -0.05) is 0 Å². The van der Waals surface area contributed by atoms with Crippen LogP contribution in [0.5, 0.6) is 0 Å². The molecule has 6 heteroatoms. The molecule has 1 aromatic heterocycles. The number of anilines is 2. The Bertz CT molecular complexity index is 671. The third kappa shape index (κ3) is 1.98. The molecule has 0 unspecified atom stereocenters. The van der Waals surface area contributed by atoms with Gasteiger partial charge in [0.2, 0.25) is 0 Å². The minimum atomic E-state index is -0.517. The van der Waals surface area contributed by atoms with Crippen LogP contribution >= 0.6 is 0 Å². The average molecular weight is 273 g/mol. The number of aryl methyl sites for hydroxylation is 1. The fourth-order valence-electron chi connectivity index (χ4n) is 2.49. The molecule has 0 saturated heterocycles. The molecule has 0 atom stereocenters. The van der Waals surface area contributed by atoms with Crippen LogP contribution in [-0.2, 0) is 6.42 Å². The van der Waals surface area contributed by atoms with Crippen molar-refractivity contribution in [1.29, 1.82) is 0 Å². The highest BCUT2D eigenvalue weighted by Gasteiger charge is 2.18. The molecule has 0 radical (unpaired) electrons. The van der Waals surface area contributed by atoms with E-state index >= 15 is 0 Å². The zero-order valence-electron chi connectivity index (χ0n) is 11.4. The molecule has 0 bridgehead atoms. The van der Waals surface area contributed by atoms with Gasteiger partial charge in [0.05, 0.1) is 5.69 Å². The van der Waals surface area contributed by atoms with E-state index in [2.05, 4.69) is 39.5 Å². The highest BCUT2D eigenvalue weighted by Crippen LogP contribution is 2.30. The Morgan fingerprint density at radius 2 is 2.15 bits per heavy atom. The zero-order chi connectivity index (χ0) is 14.3. The van der Waals surface area contributed by atoms with E-state index in [-0.39, 0.29) is 11.5 Å². The van der Waals surface area contributed by atoms with Gasteiger partial charge in [-0.15, -0.1) is 0 Å². The van der Waals surface area contributed by atoms with Crippen LogP contribution in [0.1, 0.15) is 11.3 Å². The van der Waals surface area contributed by atoms with Crippen molar-refractivity contribution in [1.82, 2.24) is 9.97 Å². The van der Waals surface area contributed by atoms with E-state index in [0.717, 1.165) is 18.5 Å². The highest BCUT2D eigenvalue weighted by molar-refractivity contribution is 5.67. The van der Waals surface area contributed by atoms with Gasteiger partial charge in [-0.05, 0) is 37.1 Å². The molecular formula is C14H16FN5. The average Bonchev–Trinajstić information content (AvgIpc) is 2.83. The number of nitrogens with zero attached hydrogens (tertiary/aromatic N) is 3. The third-order valence-electron chi connectivity index (χ3n) is 3.62. The summed E-state index contributed by atoms with van der Waals surface area (Å²) in [7, 11) is 2.07. The first-order chi connectivity index (χ1) is 9.60. The molecule has 1 aliphatic heterocycles. The summed E-state index contributed by atoms with van der Waals surface area (Å²) in [5.41, 5.74) is 5.91. The van der Waals surface area contributed by atoms with Crippen LogP contribution in [0.4, 0.5) is 15.9 Å². The maximum Gasteiger partial charge on any atom is 0.187 e. The summed E-state index contributed by atoms with van der Waals surface area (Å²) >= 11 is 0. The molecule has 0 fully saturated rings. The van der Waals surface area contributed by atoms with Crippen LogP contribution in [0.25, 0.3) is 11.4 Å². The first kappa shape index (κ1) is 12.8. The number of nitrogens with one attached hydrogen (secondary N) is 1. The number of nitrogen functional groups attached to an aromatic ring is 1. The number of aromatic nitrogens is 2. The summed E-state index contributed by atoms with van der Waals surface area (Å²) in [5.74, 6) is 5.27. The minimum absolute atomic E-state index is 0.0186. The summed E-state index contributed by atoms with van der Waals surface area (Å²) in [6.07, 6.45) is 1.00. The normalized spacial score (nSPS) is 13.5. The molecular weight excluding hydrogens is 257 g/mol. The standard InChI is InChI=1S/C14H16FN5/c1-8-12(15)14(19-16)18-13(17-8)10-3-4-11-9(7-10)5-6-20(11)2/h3-4,7H,5-6,16H2,1-2H3,(H,17,18,19). The lowest BCUT2D eigenvalue weighted by molar-refractivity contribution is 0.606. The molecule has 3 N–H and O–H groups in total. The van der Waals surface area contributed by atoms with Gasteiger partial charge < -0.3 is 10.3 Å². The molecule has 2 aromatic rings. The van der Waals surface area contributed by atoms with Crippen molar-refractivity contribution in [2.24, 2.45) is 5.84 Å². The minimum Gasteiger partial charge on any atom is -0.374 e. The maximum absolute atomic E-state index is 13.7. The van der Waals surface area contributed by atoms with Crippen LogP contribution in [0.15, 0.2) is 18.2 Å². The Morgan fingerprint density at radius 1 is 1.35 bits per heavy atom. The number of likely N-dealkylation sites (N-methyl/N-ethyl adjacent to an activating group) is 1. The van der Waals surface area contributed by atoms with E-state index in [4.69, 9.17) is 5.84 Å². The van der Waals surface area contributed by atoms with Crippen molar-refractivity contribution in [3.05, 3.63) is 35.3 Å². The van der Waals surface area contributed by atoms with Crippen molar-refractivity contribution in [2.45, 2.75) is 13.3 Å². The van der Waals surface area contributed by atoms with Crippen molar-refractivity contribution in [3.63, 3.8) is 0 Å². The van der Waals surface area contributed by atoms with Crippen LogP contribution in [0, 0.1) is 12.7 Å². The zero-order valence-corrected chi connectivity index (χ0v) is 11.4. The third-order valence-corrected chi connectivity index (χ3v) is 3.62. The molecule has 0 spiro atoms. The molecule has 2 heterocycles. The summed E-state index contributed by atoms with van der Waals surface area (Å²) in [4.78, 5) is 10.5. The van der Waals surface area contributed by atoms with Gasteiger partial charge in [0.1, 0.15) is 0 Å². The number of hydrogen-bond acceptors (Lipinski definition) is 5. The fourth-order valence-corrected chi connectivity index (χ4v) is 2.49. The topological polar surface area (TPSA) is 67.1 Å². The van der Waals surface area contributed by atoms with Crippen molar-refractivity contribution in [2.75, 3.05) is 23.9 Å². The second-order valence-electron chi connectivity index (χ2n) is 4.95. The van der Waals surface area contributed by atoms with Gasteiger partial charge in [0.25, 0.3) is 0 Å². The Balaban J connectivity index is 2.08. The summed E-state index contributed by atoms with van der Waals surface area (Å²) in [6, 6.07) is 6.06. The Labute approximate surface area is 116 Å². The molecule has 0 amide bonds. The Kier molecular flexibility index (Phi) is 3.02. The Hall–Kier alpha value is -2.21. The number of hydrazine groups is 1. The quantitative estimate of drug-likeness (QED) is 0.646. The number of nitrogens with two attached hydrogens (primary N) is 1. The smallest absolute Gasteiger partial charge is 0.187 e. The van der Waals surface area contributed by atoms with Crippen molar-refractivity contribution < 1.29 is 4.39 Å². The Morgan fingerprint density at radius 3 is 2.90 bits per heavy atom. The SMILES string of the molecule is Cc1nc(-c2ccc3c(c2)CCN3C)nc(NN)c1F. The van der Waals surface area contributed by atoms with E-state index in [1.54, 1.807) is 6.92 Å². The van der Waals surface area contributed by atoms with Gasteiger partial charge in [-0.3, -0.25) is 0 Å². The predicted molar refractivity (Wildman–Crippen MR) is 76.9 cm³/mol. The summed E-state index contributed by atoms with van der Waals surface area (Å²) in [5, 5.41) is 0. The predicted octanol–water partition coefficient (Wildman–Crippen LogP) is 1.87. The lowest BCUT2D eigenvalue weighted by atomic mass is 10.1. The van der Waals surface area contributed by atoms with Crippen molar-refractivity contribution in [3.8, 4) is 11.4 Å². The molecule has 5 nitrogen and oxygen atoms in total. The fraction of sp³-hybridized carbons (Fsp3) is 0.286. The molecule has 104 valence electrons. The first-order valence-electron chi connectivity index (χ1n) is 6.45. The maximum atomic E-state index is 13.7. The van der Waals surface area contributed by atoms with Gasteiger partial charge in [-0.25, -0.2) is 20.2 Å². The largest absolute Gasteiger partial charge is 0.374 e. The number of halogens is 1. The lowest BCUT2D eigenvalue weighted by Gasteiger charge is -2.12. The summed E-state index contributed by atoms with van der Waals surface area (Å²) in [6.45, 7) is 2.61. The van der Waals surface area contributed by atoms with E-state index < -0.39 is 5.82 Å². The second kappa shape index (κ2) is 4.72. The summed E-state index contributed by atoms with van der Waals surface area (Å²) < 4.78 is 13.7. The van der Waals surface area contributed by atoms with E-state index in [9.17, 15) is 4.39 Å². The number of rotatable bonds is 2. The molecule has 0 aliphatic carbocycles. The van der Waals surface area contributed by atoms with Gasteiger partial charge in [0, 0.05) is 24.8 Å². The number of fused-ring (bicyclic) bond motifs is 1. The van der Waals surface area contributed by atoms with E-state index in [1.807, 2.05) is 6.07 Å². The monoisotopic (exact) mass is 273 g/mol. The lowest BCUT2D eigenvalue weighted by Crippen LogP contribution is -2.13. The van der Waals surface area contributed by atoms with E-state index in [1.165, 1.54) is 11.3 Å². The van der Waals surface area contributed by atoms with Crippen LogP contribution in [0.3, 0.4) is 0 Å². The van der Waals surface area contributed by atoms with Crippen LogP contribution < -0.4 is 16.2 Å². The number of hydrogen-bond donors (Lipinski definition) is 2. The second-order valence-corrected chi connectivity index (χ2v) is 4.95. The van der Waals surface area contributed by atoms with Crippen LogP contribution in [-0.4, -0.2) is 23.6 Å².